The van der Waals surface area contributed by atoms with Gasteiger partial charge >= 0.3 is 0 Å². The molecule has 32 heavy (non-hydrogen) atoms. The maximum atomic E-state index is 5.62. The van der Waals surface area contributed by atoms with Crippen molar-refractivity contribution in [3.63, 3.8) is 0 Å². The molecule has 0 amide bonds. The number of aromatic amines is 1. The number of rotatable bonds is 8. The van der Waals surface area contributed by atoms with Crippen molar-refractivity contribution < 1.29 is 9.47 Å². The van der Waals surface area contributed by atoms with Crippen molar-refractivity contribution in [2.45, 2.75) is 13.1 Å². The molecule has 2 N–H and O–H groups in total. The number of benzene rings is 2. The fourth-order valence-corrected chi connectivity index (χ4v) is 3.42. The van der Waals surface area contributed by atoms with E-state index >= 15 is 0 Å². The molecule has 0 bridgehead atoms. The normalized spacial score (nSPS) is 12.6. The number of aromatic nitrogens is 4. The molecule has 8 heteroatoms. The Morgan fingerprint density at radius 2 is 1.75 bits per heavy atom. The fourth-order valence-electron chi connectivity index (χ4n) is 3.42. The van der Waals surface area contributed by atoms with Gasteiger partial charge in [-0.2, -0.15) is 4.98 Å². The fraction of sp³-hybridized carbons (Fsp3) is 0.125. The summed E-state index contributed by atoms with van der Waals surface area (Å²) in [7, 11) is 0. The number of para-hydroxylation sites is 1. The van der Waals surface area contributed by atoms with Gasteiger partial charge < -0.3 is 14.8 Å². The minimum atomic E-state index is 0.180. The molecule has 0 fully saturated rings. The third kappa shape index (κ3) is 4.39. The highest BCUT2D eigenvalue weighted by Crippen LogP contribution is 2.28. The van der Waals surface area contributed by atoms with Crippen LogP contribution >= 0.6 is 0 Å². The van der Waals surface area contributed by atoms with Gasteiger partial charge in [0.15, 0.2) is 5.82 Å². The Labute approximate surface area is 185 Å². The van der Waals surface area contributed by atoms with E-state index < -0.39 is 0 Å². The molecular weight excluding hydrogens is 404 g/mol. The predicted molar refractivity (Wildman–Crippen MR) is 121 cm³/mol. The molecule has 2 aromatic heterocycles. The van der Waals surface area contributed by atoms with Crippen molar-refractivity contribution in [2.75, 3.05) is 17.0 Å². The maximum absolute atomic E-state index is 5.62. The quantitative estimate of drug-likeness (QED) is 0.435. The molecule has 0 atom stereocenters. The summed E-state index contributed by atoms with van der Waals surface area (Å²) in [6, 6.07) is 22.1. The van der Waals surface area contributed by atoms with Gasteiger partial charge in [0.2, 0.25) is 12.7 Å². The molecule has 160 valence electrons. The summed E-state index contributed by atoms with van der Waals surface area (Å²) in [5.74, 6) is 1.74. The summed E-state index contributed by atoms with van der Waals surface area (Å²) in [4.78, 5) is 10.7. The van der Waals surface area contributed by atoms with Crippen molar-refractivity contribution >= 4 is 11.6 Å². The highest BCUT2D eigenvalue weighted by Gasteiger charge is 2.23. The van der Waals surface area contributed by atoms with Crippen molar-refractivity contribution in [1.82, 2.24) is 20.2 Å². The SMILES string of the molecule is C1=C(N(Cc2ccccc2)c2n[nH]c(-c3ccccc3NCc3ccncc3)n2)OCO1. The zero-order valence-electron chi connectivity index (χ0n) is 17.3. The summed E-state index contributed by atoms with van der Waals surface area (Å²) < 4.78 is 10.9. The van der Waals surface area contributed by atoms with Crippen LogP contribution in [0.4, 0.5) is 11.6 Å². The molecule has 0 radical (unpaired) electrons. The van der Waals surface area contributed by atoms with E-state index in [2.05, 4.69) is 32.6 Å². The minimum absolute atomic E-state index is 0.180. The Morgan fingerprint density at radius 3 is 2.56 bits per heavy atom. The molecule has 4 aromatic rings. The molecule has 0 unspecified atom stereocenters. The Hall–Kier alpha value is -4.33. The van der Waals surface area contributed by atoms with E-state index in [-0.39, 0.29) is 6.79 Å². The number of nitrogens with zero attached hydrogens (tertiary/aromatic N) is 4. The number of H-pyrrole nitrogens is 1. The molecule has 8 nitrogen and oxygen atoms in total. The molecule has 5 rings (SSSR count). The lowest BCUT2D eigenvalue weighted by Gasteiger charge is -2.20. The number of hydrogen-bond donors (Lipinski definition) is 2. The largest absolute Gasteiger partial charge is 0.459 e. The number of hydrogen-bond acceptors (Lipinski definition) is 7. The van der Waals surface area contributed by atoms with Crippen LogP contribution in [0.1, 0.15) is 11.1 Å². The topological polar surface area (TPSA) is 88.2 Å². The predicted octanol–water partition coefficient (Wildman–Crippen LogP) is 4.29. The molecule has 2 aromatic carbocycles. The van der Waals surface area contributed by atoms with Gasteiger partial charge in [0, 0.05) is 30.2 Å². The second-order valence-electron chi connectivity index (χ2n) is 7.20. The van der Waals surface area contributed by atoms with Gasteiger partial charge in [-0.05, 0) is 35.4 Å². The van der Waals surface area contributed by atoms with Crippen molar-refractivity contribution in [3.05, 3.63) is 102 Å². The van der Waals surface area contributed by atoms with Crippen LogP contribution < -0.4 is 10.2 Å². The van der Waals surface area contributed by atoms with Crippen LogP contribution in [-0.2, 0) is 22.6 Å². The lowest BCUT2D eigenvalue weighted by atomic mass is 10.1. The molecular formula is C24H22N6O2. The van der Waals surface area contributed by atoms with Crippen LogP contribution in [0, 0.1) is 0 Å². The summed E-state index contributed by atoms with van der Waals surface area (Å²) in [5, 5.41) is 11.0. The van der Waals surface area contributed by atoms with Gasteiger partial charge in [0.25, 0.3) is 5.95 Å². The van der Waals surface area contributed by atoms with Gasteiger partial charge in [-0.3, -0.25) is 15.0 Å². The van der Waals surface area contributed by atoms with Crippen molar-refractivity contribution in [1.29, 1.82) is 0 Å². The smallest absolute Gasteiger partial charge is 0.252 e. The third-order valence-corrected chi connectivity index (χ3v) is 5.04. The first-order valence-corrected chi connectivity index (χ1v) is 10.3. The van der Waals surface area contributed by atoms with E-state index in [0.29, 0.717) is 30.7 Å². The second kappa shape index (κ2) is 9.22. The second-order valence-corrected chi connectivity index (χ2v) is 7.20. The van der Waals surface area contributed by atoms with Crippen LogP contribution in [0.25, 0.3) is 11.4 Å². The van der Waals surface area contributed by atoms with Crippen LogP contribution in [-0.4, -0.2) is 27.0 Å². The van der Waals surface area contributed by atoms with Crippen molar-refractivity contribution in [2.24, 2.45) is 0 Å². The Kier molecular flexibility index (Phi) is 5.65. The Bertz CT molecular complexity index is 1190. The number of anilines is 2. The maximum Gasteiger partial charge on any atom is 0.252 e. The van der Waals surface area contributed by atoms with Crippen LogP contribution in [0.3, 0.4) is 0 Å². The molecule has 3 heterocycles. The van der Waals surface area contributed by atoms with Gasteiger partial charge in [-0.25, -0.2) is 0 Å². The molecule has 0 saturated carbocycles. The zero-order valence-corrected chi connectivity index (χ0v) is 17.3. The highest BCUT2D eigenvalue weighted by molar-refractivity contribution is 5.74. The molecule has 0 saturated heterocycles. The van der Waals surface area contributed by atoms with E-state index in [1.807, 2.05) is 59.5 Å². The van der Waals surface area contributed by atoms with Gasteiger partial charge in [-0.15, -0.1) is 5.10 Å². The van der Waals surface area contributed by atoms with E-state index in [1.165, 1.54) is 0 Å². The van der Waals surface area contributed by atoms with Gasteiger partial charge in [0.1, 0.15) is 6.26 Å². The monoisotopic (exact) mass is 426 g/mol. The average molecular weight is 426 g/mol. The number of pyridine rings is 1. The Morgan fingerprint density at radius 1 is 0.938 bits per heavy atom. The minimum Gasteiger partial charge on any atom is -0.459 e. The summed E-state index contributed by atoms with van der Waals surface area (Å²) in [6.07, 6.45) is 5.16. The first-order chi connectivity index (χ1) is 15.9. The lowest BCUT2D eigenvalue weighted by molar-refractivity contribution is 0.0780. The van der Waals surface area contributed by atoms with E-state index in [4.69, 9.17) is 14.5 Å². The van der Waals surface area contributed by atoms with Gasteiger partial charge in [-0.1, -0.05) is 42.5 Å². The van der Waals surface area contributed by atoms with Crippen LogP contribution in [0.2, 0.25) is 0 Å². The Balaban J connectivity index is 1.41. The van der Waals surface area contributed by atoms with Crippen molar-refractivity contribution in [3.8, 4) is 11.4 Å². The number of nitrogens with one attached hydrogen (secondary N) is 2. The molecule has 1 aliphatic rings. The average Bonchev–Trinajstić information content (AvgIpc) is 3.56. The lowest BCUT2D eigenvalue weighted by Crippen LogP contribution is -2.23. The van der Waals surface area contributed by atoms with Gasteiger partial charge in [0.05, 0.1) is 6.54 Å². The van der Waals surface area contributed by atoms with E-state index in [9.17, 15) is 0 Å². The highest BCUT2D eigenvalue weighted by atomic mass is 16.7. The van der Waals surface area contributed by atoms with Crippen LogP contribution in [0.5, 0.6) is 0 Å². The summed E-state index contributed by atoms with van der Waals surface area (Å²) in [6.45, 7) is 1.41. The third-order valence-electron chi connectivity index (χ3n) is 5.04. The zero-order chi connectivity index (χ0) is 21.6. The standard InChI is InChI=1S/C24H22N6O2/c1-2-6-19(7-3-1)15-30(22-16-31-17-32-22)24-27-23(28-29-24)20-8-4-5-9-21(20)26-14-18-10-12-25-13-11-18/h1-13,16,26H,14-15,17H2,(H,27,28,29). The van der Waals surface area contributed by atoms with Crippen LogP contribution in [0.15, 0.2) is 91.3 Å². The summed E-state index contributed by atoms with van der Waals surface area (Å²) in [5.41, 5.74) is 4.14. The van der Waals surface area contributed by atoms with E-state index in [0.717, 1.165) is 22.4 Å². The molecule has 1 aliphatic heterocycles. The van der Waals surface area contributed by atoms with E-state index in [1.54, 1.807) is 18.7 Å². The first-order valence-electron chi connectivity index (χ1n) is 10.3. The first kappa shape index (κ1) is 19.6. The number of ether oxygens (including phenoxy) is 2. The summed E-state index contributed by atoms with van der Waals surface area (Å²) >= 11 is 0. The molecule has 0 spiro atoms. The molecule has 0 aliphatic carbocycles.